The molecule has 0 saturated carbocycles. The van der Waals surface area contributed by atoms with Crippen molar-refractivity contribution < 1.29 is 14.3 Å². The summed E-state index contributed by atoms with van der Waals surface area (Å²) < 4.78 is 12.8. The number of aromatic nitrogens is 2. The maximum absolute atomic E-state index is 13.0. The molecule has 3 heterocycles. The van der Waals surface area contributed by atoms with Gasteiger partial charge in [-0.15, -0.1) is 0 Å². The third-order valence-electron chi connectivity index (χ3n) is 6.10. The van der Waals surface area contributed by atoms with Gasteiger partial charge in [-0.25, -0.2) is 9.69 Å². The molecular weight excluding hydrogens is 460 g/mol. The van der Waals surface area contributed by atoms with Crippen LogP contribution in [0.4, 0.5) is 0 Å². The third kappa shape index (κ3) is 4.33. The Balaban J connectivity index is 1.59. The van der Waals surface area contributed by atoms with Crippen molar-refractivity contribution in [1.82, 2.24) is 14.8 Å². The first kappa shape index (κ1) is 22.9. The number of methoxy groups -OCH3 is 2. The number of ether oxygens (including phenoxy) is 2. The monoisotopic (exact) mass is 486 g/mol. The van der Waals surface area contributed by atoms with Gasteiger partial charge in [0.05, 0.1) is 37.4 Å². The lowest BCUT2D eigenvalue weighted by atomic mass is 9.97. The van der Waals surface area contributed by atoms with Crippen molar-refractivity contribution in [3.8, 4) is 28.4 Å². The van der Waals surface area contributed by atoms with E-state index in [1.54, 1.807) is 30.6 Å². The molecule has 5 rings (SSSR count). The molecule has 8 heteroatoms. The van der Waals surface area contributed by atoms with Gasteiger partial charge in [0.1, 0.15) is 0 Å². The van der Waals surface area contributed by atoms with E-state index in [0.29, 0.717) is 24.3 Å². The van der Waals surface area contributed by atoms with Crippen molar-refractivity contribution in [1.29, 1.82) is 0 Å². The predicted octanol–water partition coefficient (Wildman–Crippen LogP) is 5.71. The molecule has 1 aliphatic heterocycles. The highest BCUT2D eigenvalue weighted by Crippen LogP contribution is 2.40. The van der Waals surface area contributed by atoms with Gasteiger partial charge >= 0.3 is 0 Å². The summed E-state index contributed by atoms with van der Waals surface area (Å²) in [5, 5.41) is 15.5. The molecule has 7 nitrogen and oxygen atoms in total. The first-order valence-electron chi connectivity index (χ1n) is 11.4. The number of amides is 1. The Hall–Kier alpha value is -3.91. The van der Waals surface area contributed by atoms with Gasteiger partial charge in [0.2, 0.25) is 5.91 Å². The summed E-state index contributed by atoms with van der Waals surface area (Å²) in [7, 11) is 3.22. The zero-order valence-electron chi connectivity index (χ0n) is 19.8. The van der Waals surface area contributed by atoms with Crippen LogP contribution in [0, 0.1) is 0 Å². The minimum Gasteiger partial charge on any atom is -0.493 e. The number of hydrogen-bond donors (Lipinski definition) is 0. The van der Waals surface area contributed by atoms with E-state index in [4.69, 9.17) is 19.7 Å². The van der Waals surface area contributed by atoms with Gasteiger partial charge in [-0.2, -0.15) is 21.5 Å². The summed E-state index contributed by atoms with van der Waals surface area (Å²) in [5.74, 6) is 1.24. The van der Waals surface area contributed by atoms with Crippen molar-refractivity contribution in [3.63, 3.8) is 0 Å². The zero-order valence-corrected chi connectivity index (χ0v) is 20.7. The fourth-order valence-corrected chi connectivity index (χ4v) is 4.94. The molecular formula is C27H26N4O3S. The summed E-state index contributed by atoms with van der Waals surface area (Å²) >= 11 is 1.62. The minimum absolute atomic E-state index is 0.0331. The van der Waals surface area contributed by atoms with E-state index in [2.05, 4.69) is 11.4 Å². The van der Waals surface area contributed by atoms with Crippen molar-refractivity contribution in [2.24, 2.45) is 5.10 Å². The Labute approximate surface area is 208 Å². The Bertz CT molecular complexity index is 1360. The van der Waals surface area contributed by atoms with Crippen LogP contribution in [0.1, 0.15) is 36.9 Å². The summed E-state index contributed by atoms with van der Waals surface area (Å²) in [6.07, 6.45) is 2.95. The van der Waals surface area contributed by atoms with Crippen LogP contribution in [-0.4, -0.2) is 40.6 Å². The van der Waals surface area contributed by atoms with Gasteiger partial charge in [-0.1, -0.05) is 25.1 Å². The predicted molar refractivity (Wildman–Crippen MR) is 137 cm³/mol. The molecule has 0 bridgehead atoms. The number of para-hydroxylation sites is 1. The van der Waals surface area contributed by atoms with E-state index in [9.17, 15) is 4.79 Å². The van der Waals surface area contributed by atoms with Gasteiger partial charge in [-0.05, 0) is 41.8 Å². The topological polar surface area (TPSA) is 69.0 Å². The molecule has 0 unspecified atom stereocenters. The number of carbonyl (C=O) groups excluding carboxylic acids is 1. The number of benzene rings is 2. The second-order valence-corrected chi connectivity index (χ2v) is 8.93. The molecule has 2 aromatic carbocycles. The van der Waals surface area contributed by atoms with Crippen LogP contribution in [0.3, 0.4) is 0 Å². The molecule has 1 aliphatic rings. The normalized spacial score (nSPS) is 15.2. The van der Waals surface area contributed by atoms with Crippen LogP contribution >= 0.6 is 11.3 Å². The highest BCUT2D eigenvalue weighted by Gasteiger charge is 2.35. The first-order chi connectivity index (χ1) is 17.1. The average molecular weight is 487 g/mol. The Kier molecular flexibility index (Phi) is 6.37. The summed E-state index contributed by atoms with van der Waals surface area (Å²) in [5.41, 5.74) is 5.53. The average Bonchev–Trinajstić information content (AvgIpc) is 3.67. The molecule has 4 aromatic rings. The Morgan fingerprint density at radius 3 is 2.54 bits per heavy atom. The van der Waals surface area contributed by atoms with Crippen LogP contribution in [-0.2, 0) is 4.79 Å². The van der Waals surface area contributed by atoms with E-state index in [1.807, 2.05) is 71.7 Å². The molecule has 0 N–H and O–H groups in total. The second-order valence-electron chi connectivity index (χ2n) is 8.15. The maximum atomic E-state index is 13.0. The van der Waals surface area contributed by atoms with Gasteiger partial charge < -0.3 is 9.47 Å². The first-order valence-corrected chi connectivity index (χ1v) is 12.4. The van der Waals surface area contributed by atoms with Gasteiger partial charge in [0.15, 0.2) is 11.5 Å². The van der Waals surface area contributed by atoms with Crippen molar-refractivity contribution in [3.05, 3.63) is 82.7 Å². The lowest BCUT2D eigenvalue weighted by Crippen LogP contribution is -2.26. The Morgan fingerprint density at radius 1 is 1.06 bits per heavy atom. The van der Waals surface area contributed by atoms with Crippen molar-refractivity contribution in [2.45, 2.75) is 25.8 Å². The molecule has 0 spiro atoms. The van der Waals surface area contributed by atoms with Gasteiger partial charge in [0.25, 0.3) is 0 Å². The zero-order chi connectivity index (χ0) is 24.4. The molecule has 178 valence electrons. The SMILES string of the molecule is CCC(=O)N1N=C(c2ccc(OC)c(OC)c2)C[C@H]1c1cn(-c2ccccc2)nc1-c1ccsc1. The number of rotatable bonds is 7. The highest BCUT2D eigenvalue weighted by atomic mass is 32.1. The molecule has 35 heavy (non-hydrogen) atoms. The largest absolute Gasteiger partial charge is 0.493 e. The van der Waals surface area contributed by atoms with E-state index >= 15 is 0 Å². The lowest BCUT2D eigenvalue weighted by molar-refractivity contribution is -0.132. The number of carbonyl (C=O) groups is 1. The Morgan fingerprint density at radius 2 is 1.86 bits per heavy atom. The molecule has 2 aromatic heterocycles. The molecule has 0 saturated heterocycles. The van der Waals surface area contributed by atoms with Crippen LogP contribution in [0.15, 0.2) is 76.7 Å². The molecule has 1 amide bonds. The molecule has 0 radical (unpaired) electrons. The minimum atomic E-state index is -0.266. The number of thiophene rings is 1. The van der Waals surface area contributed by atoms with Gasteiger partial charge in [0, 0.05) is 41.1 Å². The van der Waals surface area contributed by atoms with E-state index < -0.39 is 0 Å². The summed E-state index contributed by atoms with van der Waals surface area (Å²) in [6, 6.07) is 17.5. The molecule has 0 fully saturated rings. The quantitative estimate of drug-likeness (QED) is 0.336. The van der Waals surface area contributed by atoms with Crippen LogP contribution in [0.5, 0.6) is 11.5 Å². The molecule has 0 aliphatic carbocycles. The van der Waals surface area contributed by atoms with E-state index in [1.165, 1.54) is 0 Å². The fraction of sp³-hybridized carbons (Fsp3) is 0.222. The smallest absolute Gasteiger partial charge is 0.242 e. The fourth-order valence-electron chi connectivity index (χ4n) is 4.30. The highest BCUT2D eigenvalue weighted by molar-refractivity contribution is 7.08. The standard InChI is InChI=1S/C27H26N4O3S/c1-4-26(32)31-23(15-22(28-31)18-10-11-24(33-2)25(14-18)34-3)21-16-30(20-8-6-5-7-9-20)29-27(21)19-12-13-35-17-19/h5-14,16-17,23H,4,15H2,1-3H3/t23-/m0/s1. The van der Waals surface area contributed by atoms with Gasteiger partial charge in [-0.3, -0.25) is 4.79 Å². The number of hydrazone groups is 1. The van der Waals surface area contributed by atoms with E-state index in [0.717, 1.165) is 33.8 Å². The third-order valence-corrected chi connectivity index (χ3v) is 6.79. The maximum Gasteiger partial charge on any atom is 0.242 e. The van der Waals surface area contributed by atoms with Crippen LogP contribution < -0.4 is 9.47 Å². The lowest BCUT2D eigenvalue weighted by Gasteiger charge is -2.21. The van der Waals surface area contributed by atoms with E-state index in [-0.39, 0.29) is 11.9 Å². The van der Waals surface area contributed by atoms with Crippen molar-refractivity contribution >= 4 is 23.0 Å². The summed E-state index contributed by atoms with van der Waals surface area (Å²) in [4.78, 5) is 13.0. The van der Waals surface area contributed by atoms with Crippen LogP contribution in [0.2, 0.25) is 0 Å². The van der Waals surface area contributed by atoms with Crippen molar-refractivity contribution in [2.75, 3.05) is 14.2 Å². The van der Waals surface area contributed by atoms with Crippen LogP contribution in [0.25, 0.3) is 16.9 Å². The number of nitrogens with zero attached hydrogens (tertiary/aromatic N) is 4. The second kappa shape index (κ2) is 9.76. The number of hydrogen-bond acceptors (Lipinski definition) is 6. The molecule has 1 atom stereocenters. The summed E-state index contributed by atoms with van der Waals surface area (Å²) in [6.45, 7) is 1.86.